The van der Waals surface area contributed by atoms with E-state index < -0.39 is 4.92 Å². The summed E-state index contributed by atoms with van der Waals surface area (Å²) in [6, 6.07) is 0. The third-order valence-electron chi connectivity index (χ3n) is 2.51. The molecule has 19 heavy (non-hydrogen) atoms. The molecule has 3 heterocycles. The van der Waals surface area contributed by atoms with E-state index in [1.54, 1.807) is 22.9 Å². The molecule has 0 bridgehead atoms. The Bertz CT molecular complexity index is 744. The number of thiazole rings is 2. The van der Waals surface area contributed by atoms with Gasteiger partial charge in [0.2, 0.25) is 5.82 Å². The zero-order valence-electron chi connectivity index (χ0n) is 9.86. The van der Waals surface area contributed by atoms with Gasteiger partial charge in [0.1, 0.15) is 6.20 Å². The number of nitro groups is 1. The number of aryl methyl sites for hydroxylation is 1. The van der Waals surface area contributed by atoms with E-state index in [0.29, 0.717) is 11.5 Å². The van der Waals surface area contributed by atoms with Crippen molar-refractivity contribution in [3.05, 3.63) is 37.8 Å². The molecule has 0 aliphatic rings. The van der Waals surface area contributed by atoms with Gasteiger partial charge in [0, 0.05) is 10.8 Å². The Kier molecular flexibility index (Phi) is 2.91. The monoisotopic (exact) mass is 295 g/mol. The second kappa shape index (κ2) is 4.59. The van der Waals surface area contributed by atoms with Crippen LogP contribution in [0.25, 0.3) is 4.96 Å². The molecule has 7 nitrogen and oxygen atoms in total. The maximum Gasteiger partial charge on any atom is 0.372 e. The van der Waals surface area contributed by atoms with Crippen molar-refractivity contribution in [3.8, 4) is 0 Å². The van der Waals surface area contributed by atoms with Crippen LogP contribution in [0.3, 0.4) is 0 Å². The van der Waals surface area contributed by atoms with E-state index in [4.69, 9.17) is 0 Å². The van der Waals surface area contributed by atoms with Crippen LogP contribution in [0.5, 0.6) is 0 Å². The Labute approximate surface area is 115 Å². The Morgan fingerprint density at radius 3 is 3.00 bits per heavy atom. The summed E-state index contributed by atoms with van der Waals surface area (Å²) in [5.74, 6) is 0.241. The van der Waals surface area contributed by atoms with Crippen LogP contribution in [0.4, 0.5) is 11.6 Å². The molecule has 0 amide bonds. The number of hydrogen-bond donors (Lipinski definition) is 1. The van der Waals surface area contributed by atoms with E-state index in [1.165, 1.54) is 15.7 Å². The normalized spacial score (nSPS) is 11.0. The topological polar surface area (TPSA) is 85.4 Å². The number of hydrogen-bond acceptors (Lipinski definition) is 7. The Balaban J connectivity index is 1.89. The minimum absolute atomic E-state index is 0.0387. The molecule has 98 valence electrons. The second-order valence-electron chi connectivity index (χ2n) is 3.81. The fraction of sp³-hybridized carbons (Fsp3) is 0.200. The van der Waals surface area contributed by atoms with Crippen LogP contribution in [-0.2, 0) is 6.54 Å². The lowest BCUT2D eigenvalue weighted by molar-refractivity contribution is -0.389. The molecule has 0 aliphatic heterocycles. The van der Waals surface area contributed by atoms with E-state index in [-0.39, 0.29) is 11.6 Å². The molecule has 0 spiro atoms. The number of imidazole rings is 1. The first-order chi connectivity index (χ1) is 9.15. The van der Waals surface area contributed by atoms with Gasteiger partial charge < -0.3 is 15.4 Å². The molecule has 0 unspecified atom stereocenters. The quantitative estimate of drug-likeness (QED) is 0.591. The van der Waals surface area contributed by atoms with Crippen LogP contribution >= 0.6 is 22.7 Å². The smallest absolute Gasteiger partial charge is 0.358 e. The highest BCUT2D eigenvalue weighted by molar-refractivity contribution is 7.15. The number of rotatable bonds is 4. The third-order valence-corrected chi connectivity index (χ3v) is 4.09. The molecule has 0 fully saturated rings. The lowest BCUT2D eigenvalue weighted by Crippen LogP contribution is -2.03. The molecule has 3 rings (SSSR count). The van der Waals surface area contributed by atoms with Crippen molar-refractivity contribution in [3.63, 3.8) is 0 Å². The van der Waals surface area contributed by atoms with Crippen LogP contribution in [0.15, 0.2) is 17.0 Å². The van der Waals surface area contributed by atoms with Gasteiger partial charge in [0.15, 0.2) is 0 Å². The predicted molar refractivity (Wildman–Crippen MR) is 73.9 cm³/mol. The van der Waals surface area contributed by atoms with Crippen LogP contribution < -0.4 is 5.32 Å². The average molecular weight is 295 g/mol. The summed E-state index contributed by atoms with van der Waals surface area (Å²) in [5, 5.41) is 18.7. The van der Waals surface area contributed by atoms with Crippen LogP contribution in [0.1, 0.15) is 10.7 Å². The Hall–Kier alpha value is -2.00. The van der Waals surface area contributed by atoms with E-state index >= 15 is 0 Å². The van der Waals surface area contributed by atoms with Crippen molar-refractivity contribution in [1.82, 2.24) is 14.4 Å². The van der Waals surface area contributed by atoms with Crippen molar-refractivity contribution in [2.45, 2.75) is 13.5 Å². The van der Waals surface area contributed by atoms with Crippen molar-refractivity contribution < 1.29 is 4.92 Å². The minimum Gasteiger partial charge on any atom is -0.358 e. The van der Waals surface area contributed by atoms with Gasteiger partial charge in [-0.1, -0.05) is 11.3 Å². The molecular formula is C10H9N5O2S2. The van der Waals surface area contributed by atoms with Gasteiger partial charge in [0.05, 0.1) is 17.2 Å². The summed E-state index contributed by atoms with van der Waals surface area (Å²) in [5.41, 5.74) is 0.855. The fourth-order valence-corrected chi connectivity index (χ4v) is 3.05. The number of anilines is 1. The lowest BCUT2D eigenvalue weighted by atomic mass is 10.4. The summed E-state index contributed by atoms with van der Waals surface area (Å²) in [4.78, 5) is 19.8. The fourth-order valence-electron chi connectivity index (χ4n) is 1.73. The third kappa shape index (κ3) is 2.17. The second-order valence-corrected chi connectivity index (χ2v) is 5.74. The molecule has 0 saturated heterocycles. The first-order valence-electron chi connectivity index (χ1n) is 5.40. The highest BCUT2D eigenvalue weighted by atomic mass is 32.1. The number of nitrogens with one attached hydrogen (secondary N) is 1. The van der Waals surface area contributed by atoms with Crippen molar-refractivity contribution in [2.24, 2.45) is 0 Å². The van der Waals surface area contributed by atoms with E-state index in [2.05, 4.69) is 15.3 Å². The zero-order valence-corrected chi connectivity index (χ0v) is 11.5. The number of nitrogens with zero attached hydrogens (tertiary/aromatic N) is 4. The van der Waals surface area contributed by atoms with E-state index in [0.717, 1.165) is 10.7 Å². The summed E-state index contributed by atoms with van der Waals surface area (Å²) >= 11 is 2.91. The number of fused-ring (bicyclic) bond motifs is 1. The van der Waals surface area contributed by atoms with Gasteiger partial charge in [-0.05, 0) is 11.8 Å². The minimum atomic E-state index is -0.429. The first-order valence-corrected chi connectivity index (χ1v) is 7.16. The molecular weight excluding hydrogens is 286 g/mol. The lowest BCUT2D eigenvalue weighted by Gasteiger charge is -2.00. The predicted octanol–water partition coefficient (Wildman–Crippen LogP) is 2.68. The summed E-state index contributed by atoms with van der Waals surface area (Å²) in [7, 11) is 0. The highest BCUT2D eigenvalue weighted by Gasteiger charge is 2.23. The van der Waals surface area contributed by atoms with Crippen LogP contribution in [0.2, 0.25) is 0 Å². The zero-order chi connectivity index (χ0) is 13.4. The van der Waals surface area contributed by atoms with Gasteiger partial charge in [-0.3, -0.25) is 0 Å². The van der Waals surface area contributed by atoms with Gasteiger partial charge >= 0.3 is 5.82 Å². The summed E-state index contributed by atoms with van der Waals surface area (Å²) in [6.07, 6.45) is 1.64. The van der Waals surface area contributed by atoms with Gasteiger partial charge in [0.25, 0.3) is 4.96 Å². The highest BCUT2D eigenvalue weighted by Crippen LogP contribution is 2.28. The molecule has 0 saturated carbocycles. The molecule has 0 aromatic carbocycles. The Morgan fingerprint density at radius 1 is 1.47 bits per heavy atom. The van der Waals surface area contributed by atoms with Crippen molar-refractivity contribution in [2.75, 3.05) is 5.32 Å². The van der Waals surface area contributed by atoms with Crippen molar-refractivity contribution in [1.29, 1.82) is 0 Å². The Morgan fingerprint density at radius 2 is 2.32 bits per heavy atom. The maximum absolute atomic E-state index is 11.1. The van der Waals surface area contributed by atoms with Gasteiger partial charge in [-0.25, -0.2) is 4.98 Å². The standard InChI is InChI=1S/C10H9N5O2S2/c1-6-12-7(5-19-6)4-11-8-9(15(16)17)14-2-3-18-10(14)13-8/h2-3,5,11H,4H2,1H3. The SMILES string of the molecule is Cc1nc(CNc2nc3sccn3c2[N+](=O)[O-])cs1. The molecule has 9 heteroatoms. The molecule has 1 N–H and O–H groups in total. The van der Waals surface area contributed by atoms with Gasteiger partial charge in [-0.2, -0.15) is 9.38 Å². The average Bonchev–Trinajstić information content (AvgIpc) is 3.00. The van der Waals surface area contributed by atoms with Gasteiger partial charge in [-0.15, -0.1) is 11.3 Å². The van der Waals surface area contributed by atoms with E-state index in [1.807, 2.05) is 12.3 Å². The molecule has 0 radical (unpaired) electrons. The molecule has 0 atom stereocenters. The molecule has 0 aliphatic carbocycles. The molecule has 3 aromatic rings. The summed E-state index contributed by atoms with van der Waals surface area (Å²) in [6.45, 7) is 2.35. The largest absolute Gasteiger partial charge is 0.372 e. The summed E-state index contributed by atoms with van der Waals surface area (Å²) < 4.78 is 1.47. The van der Waals surface area contributed by atoms with Crippen LogP contribution in [0, 0.1) is 17.0 Å². The van der Waals surface area contributed by atoms with Crippen molar-refractivity contribution >= 4 is 39.3 Å². The first kappa shape index (κ1) is 12.1. The van der Waals surface area contributed by atoms with Crippen LogP contribution in [-0.4, -0.2) is 19.3 Å². The maximum atomic E-state index is 11.1. The molecule has 3 aromatic heterocycles. The number of aromatic nitrogens is 3. The van der Waals surface area contributed by atoms with E-state index in [9.17, 15) is 10.1 Å².